The minimum atomic E-state index is -0.0983. The quantitative estimate of drug-likeness (QED) is 0.612. The first-order valence-electron chi connectivity index (χ1n) is 11.9. The van der Waals surface area contributed by atoms with Crippen molar-refractivity contribution in [3.05, 3.63) is 41.2 Å². The minimum absolute atomic E-state index is 0.0983. The third-order valence-corrected chi connectivity index (χ3v) is 7.05. The number of ether oxygens (including phenoxy) is 1. The van der Waals surface area contributed by atoms with Crippen molar-refractivity contribution in [3.8, 4) is 0 Å². The Labute approximate surface area is 193 Å². The van der Waals surface area contributed by atoms with E-state index in [9.17, 15) is 9.59 Å². The van der Waals surface area contributed by atoms with Crippen LogP contribution < -0.4 is 0 Å². The maximum Gasteiger partial charge on any atom is 0.227 e. The van der Waals surface area contributed by atoms with Gasteiger partial charge in [0.25, 0.3) is 0 Å². The molecule has 8 heteroatoms. The molecule has 33 heavy (non-hydrogen) atoms. The van der Waals surface area contributed by atoms with Gasteiger partial charge >= 0.3 is 0 Å². The van der Waals surface area contributed by atoms with Gasteiger partial charge in [0, 0.05) is 49.4 Å². The third-order valence-electron chi connectivity index (χ3n) is 7.05. The van der Waals surface area contributed by atoms with Gasteiger partial charge in [-0.25, -0.2) is 9.50 Å². The van der Waals surface area contributed by atoms with E-state index < -0.39 is 0 Å². The monoisotopic (exact) mass is 449 g/mol. The molecule has 174 valence electrons. The van der Waals surface area contributed by atoms with E-state index in [0.717, 1.165) is 52.9 Å². The lowest BCUT2D eigenvalue weighted by atomic mass is 9.95. The zero-order valence-electron chi connectivity index (χ0n) is 19.4. The molecule has 2 fully saturated rings. The molecule has 2 aromatic heterocycles. The Bertz CT molecular complexity index is 1200. The van der Waals surface area contributed by atoms with E-state index in [-0.39, 0.29) is 17.7 Å². The van der Waals surface area contributed by atoms with E-state index in [1.54, 1.807) is 0 Å². The Hall–Kier alpha value is -3.00. The number of hydrogen-bond donors (Lipinski definition) is 0. The first-order valence-corrected chi connectivity index (χ1v) is 11.9. The highest BCUT2D eigenvalue weighted by Crippen LogP contribution is 2.24. The number of carbonyl (C=O) groups excluding carboxylic acids is 2. The van der Waals surface area contributed by atoms with Gasteiger partial charge in [0.1, 0.15) is 0 Å². The summed E-state index contributed by atoms with van der Waals surface area (Å²) in [5.74, 6) is 0.181. The highest BCUT2D eigenvalue weighted by Gasteiger charge is 2.31. The molecule has 0 unspecified atom stereocenters. The maximum atomic E-state index is 13.1. The Morgan fingerprint density at radius 1 is 1.09 bits per heavy atom. The molecule has 2 amide bonds. The van der Waals surface area contributed by atoms with Crippen LogP contribution in [0.3, 0.4) is 0 Å². The summed E-state index contributed by atoms with van der Waals surface area (Å²) in [6.45, 7) is 7.81. The van der Waals surface area contributed by atoms with Gasteiger partial charge in [0.15, 0.2) is 5.65 Å². The van der Waals surface area contributed by atoms with Crippen LogP contribution in [0.1, 0.15) is 36.2 Å². The van der Waals surface area contributed by atoms with Gasteiger partial charge in [0.2, 0.25) is 11.8 Å². The molecule has 8 nitrogen and oxygen atoms in total. The van der Waals surface area contributed by atoms with E-state index in [2.05, 4.69) is 0 Å². The average Bonchev–Trinajstić information content (AvgIpc) is 3.22. The highest BCUT2D eigenvalue weighted by molar-refractivity contribution is 5.92. The lowest BCUT2D eigenvalue weighted by molar-refractivity contribution is -0.144. The van der Waals surface area contributed by atoms with Crippen LogP contribution in [-0.2, 0) is 20.7 Å². The predicted octanol–water partition coefficient (Wildman–Crippen LogP) is 2.53. The Balaban J connectivity index is 1.27. The maximum absolute atomic E-state index is 13.1. The number of likely N-dealkylation sites (tertiary alicyclic amines) is 1. The van der Waals surface area contributed by atoms with Gasteiger partial charge in [-0.2, -0.15) is 5.10 Å². The van der Waals surface area contributed by atoms with E-state index in [0.29, 0.717) is 45.7 Å². The SMILES string of the molecule is Cc1nc2c3ccccc3nn2c(C)c1CCC(=O)N1CCC[C@@H](C(=O)N2CCOCC2)C1. The number of nitrogens with zero attached hydrogens (tertiary/aromatic N) is 5. The second kappa shape index (κ2) is 9.09. The van der Waals surface area contributed by atoms with Gasteiger partial charge in [-0.05, 0) is 50.8 Å². The number of benzene rings is 1. The van der Waals surface area contributed by atoms with Crippen LogP contribution >= 0.6 is 0 Å². The summed E-state index contributed by atoms with van der Waals surface area (Å²) < 4.78 is 7.26. The first-order chi connectivity index (χ1) is 16.0. The number of morpholine rings is 1. The number of amides is 2. The van der Waals surface area contributed by atoms with Gasteiger partial charge in [-0.15, -0.1) is 0 Å². The summed E-state index contributed by atoms with van der Waals surface area (Å²) in [6.07, 6.45) is 2.76. The molecule has 3 aromatic rings. The summed E-state index contributed by atoms with van der Waals surface area (Å²) >= 11 is 0. The number of aromatic nitrogens is 3. The Morgan fingerprint density at radius 2 is 1.88 bits per heavy atom. The largest absolute Gasteiger partial charge is 0.378 e. The van der Waals surface area contributed by atoms with Crippen molar-refractivity contribution in [2.24, 2.45) is 5.92 Å². The molecule has 0 bridgehead atoms. The van der Waals surface area contributed by atoms with Crippen LogP contribution in [0.4, 0.5) is 0 Å². The molecule has 4 heterocycles. The molecule has 0 spiro atoms. The van der Waals surface area contributed by atoms with Gasteiger partial charge in [-0.1, -0.05) is 12.1 Å². The number of aryl methyl sites for hydroxylation is 2. The molecule has 1 aromatic carbocycles. The second-order valence-corrected chi connectivity index (χ2v) is 9.13. The predicted molar refractivity (Wildman–Crippen MR) is 125 cm³/mol. The second-order valence-electron chi connectivity index (χ2n) is 9.13. The number of rotatable bonds is 4. The van der Waals surface area contributed by atoms with Crippen molar-refractivity contribution in [2.75, 3.05) is 39.4 Å². The third kappa shape index (κ3) is 4.19. The first kappa shape index (κ1) is 21.8. The molecule has 5 rings (SSSR count). The summed E-state index contributed by atoms with van der Waals surface area (Å²) in [6, 6.07) is 8.01. The number of carbonyl (C=O) groups is 2. The van der Waals surface area contributed by atoms with Crippen LogP contribution in [-0.4, -0.2) is 75.6 Å². The molecule has 2 saturated heterocycles. The average molecular weight is 450 g/mol. The Kier molecular flexibility index (Phi) is 6.01. The molecule has 2 aliphatic rings. The van der Waals surface area contributed by atoms with Crippen molar-refractivity contribution in [1.29, 1.82) is 0 Å². The zero-order chi connectivity index (χ0) is 22.9. The smallest absolute Gasteiger partial charge is 0.227 e. The van der Waals surface area contributed by atoms with Crippen molar-refractivity contribution in [2.45, 2.75) is 39.5 Å². The van der Waals surface area contributed by atoms with E-state index in [1.807, 2.05) is 52.4 Å². The standard InChI is InChI=1S/C25H31N5O3/c1-17-20(18(2)30-24(26-17)21-7-3-4-8-22(21)27-30)9-10-23(31)29-11-5-6-19(16-29)25(32)28-12-14-33-15-13-28/h3-4,7-8,19H,5-6,9-16H2,1-2H3/t19-/m1/s1. The van der Waals surface area contributed by atoms with Crippen LogP contribution in [0, 0.1) is 19.8 Å². The number of fused-ring (bicyclic) bond motifs is 3. The molecular formula is C25H31N5O3. The molecule has 1 atom stereocenters. The van der Waals surface area contributed by atoms with Crippen LogP contribution in [0.2, 0.25) is 0 Å². The molecule has 0 saturated carbocycles. The van der Waals surface area contributed by atoms with Crippen LogP contribution in [0.15, 0.2) is 24.3 Å². The Morgan fingerprint density at radius 3 is 2.70 bits per heavy atom. The van der Waals surface area contributed by atoms with E-state index in [4.69, 9.17) is 14.8 Å². The summed E-state index contributed by atoms with van der Waals surface area (Å²) in [5, 5.41) is 5.75. The lowest BCUT2D eigenvalue weighted by Gasteiger charge is -2.36. The highest BCUT2D eigenvalue weighted by atomic mass is 16.5. The summed E-state index contributed by atoms with van der Waals surface area (Å²) in [7, 11) is 0. The van der Waals surface area contributed by atoms with Crippen LogP contribution in [0.25, 0.3) is 16.6 Å². The topological polar surface area (TPSA) is 80.0 Å². The molecule has 2 aliphatic heterocycles. The summed E-state index contributed by atoms with van der Waals surface area (Å²) in [4.78, 5) is 34.6. The number of piperidine rings is 1. The fourth-order valence-electron chi connectivity index (χ4n) is 5.18. The van der Waals surface area contributed by atoms with Crippen molar-refractivity contribution in [3.63, 3.8) is 0 Å². The molecule has 0 N–H and O–H groups in total. The van der Waals surface area contributed by atoms with Gasteiger partial charge in [0.05, 0.1) is 24.6 Å². The van der Waals surface area contributed by atoms with Crippen molar-refractivity contribution >= 4 is 28.4 Å². The fourth-order valence-corrected chi connectivity index (χ4v) is 5.18. The molecule has 0 radical (unpaired) electrons. The minimum Gasteiger partial charge on any atom is -0.378 e. The lowest BCUT2D eigenvalue weighted by Crippen LogP contribution is -2.49. The van der Waals surface area contributed by atoms with Gasteiger partial charge in [-0.3, -0.25) is 9.59 Å². The van der Waals surface area contributed by atoms with Crippen LogP contribution in [0.5, 0.6) is 0 Å². The van der Waals surface area contributed by atoms with E-state index in [1.165, 1.54) is 0 Å². The fraction of sp³-hybridized carbons (Fsp3) is 0.520. The molecule has 0 aliphatic carbocycles. The zero-order valence-corrected chi connectivity index (χ0v) is 19.4. The van der Waals surface area contributed by atoms with Gasteiger partial charge < -0.3 is 14.5 Å². The van der Waals surface area contributed by atoms with E-state index >= 15 is 0 Å². The molecular weight excluding hydrogens is 418 g/mol. The van der Waals surface area contributed by atoms with Crippen molar-refractivity contribution in [1.82, 2.24) is 24.4 Å². The normalized spacial score (nSPS) is 19.4. The summed E-state index contributed by atoms with van der Waals surface area (Å²) in [5.41, 5.74) is 4.82. The van der Waals surface area contributed by atoms with Crippen molar-refractivity contribution < 1.29 is 14.3 Å². The number of hydrogen-bond acceptors (Lipinski definition) is 5.